The fourth-order valence-corrected chi connectivity index (χ4v) is 1.59. The summed E-state index contributed by atoms with van der Waals surface area (Å²) in [5, 5.41) is 11.0. The van der Waals surface area contributed by atoms with Crippen molar-refractivity contribution in [2.45, 2.75) is 6.54 Å². The van der Waals surface area contributed by atoms with Gasteiger partial charge in [0.15, 0.2) is 0 Å². The fraction of sp³-hybridized carbons (Fsp3) is 0.0833. The molecule has 0 bridgehead atoms. The minimum absolute atomic E-state index is 0.0499. The number of aromatic carboxylic acids is 1. The van der Waals surface area contributed by atoms with Crippen LogP contribution in [0.2, 0.25) is 0 Å². The number of nitrogens with zero attached hydrogens (tertiary/aromatic N) is 1. The molecule has 2 aromatic rings. The van der Waals surface area contributed by atoms with E-state index in [9.17, 15) is 18.8 Å². The molecule has 2 N–H and O–H groups in total. The van der Waals surface area contributed by atoms with E-state index in [1.54, 1.807) is 0 Å². The molecular formula is C12H9FN2O4. The number of carboxylic acids is 1. The SMILES string of the molecule is O=C(O)c1ccc(Cn2[nH]c(=O)ccc2=O)cc1F. The van der Waals surface area contributed by atoms with Crippen LogP contribution < -0.4 is 11.1 Å². The molecule has 0 aliphatic carbocycles. The number of hydrogen-bond donors (Lipinski definition) is 2. The molecule has 0 fully saturated rings. The lowest BCUT2D eigenvalue weighted by Crippen LogP contribution is -2.28. The van der Waals surface area contributed by atoms with Gasteiger partial charge in [-0.15, -0.1) is 0 Å². The molecule has 0 saturated heterocycles. The Morgan fingerprint density at radius 1 is 1.26 bits per heavy atom. The van der Waals surface area contributed by atoms with E-state index < -0.39 is 28.5 Å². The average molecular weight is 264 g/mol. The van der Waals surface area contributed by atoms with Crippen molar-refractivity contribution in [3.63, 3.8) is 0 Å². The summed E-state index contributed by atoms with van der Waals surface area (Å²) in [5.74, 6) is -2.26. The van der Waals surface area contributed by atoms with Crippen molar-refractivity contribution >= 4 is 5.97 Å². The Labute approximate surface area is 105 Å². The molecular weight excluding hydrogens is 255 g/mol. The Balaban J connectivity index is 2.37. The third-order valence-corrected chi connectivity index (χ3v) is 2.49. The van der Waals surface area contributed by atoms with Gasteiger partial charge in [-0.1, -0.05) is 6.07 Å². The van der Waals surface area contributed by atoms with Crippen LogP contribution in [-0.2, 0) is 6.54 Å². The van der Waals surface area contributed by atoms with Crippen molar-refractivity contribution in [1.29, 1.82) is 0 Å². The zero-order valence-electron chi connectivity index (χ0n) is 9.59. The van der Waals surface area contributed by atoms with Crippen molar-refractivity contribution in [2.75, 3.05) is 0 Å². The summed E-state index contributed by atoms with van der Waals surface area (Å²) >= 11 is 0. The van der Waals surface area contributed by atoms with E-state index in [4.69, 9.17) is 5.11 Å². The molecule has 0 aliphatic rings. The second-order valence-corrected chi connectivity index (χ2v) is 3.85. The summed E-state index contributed by atoms with van der Waals surface area (Å²) in [6.45, 7) is -0.0499. The van der Waals surface area contributed by atoms with Crippen molar-refractivity contribution in [3.05, 3.63) is 68.0 Å². The second-order valence-electron chi connectivity index (χ2n) is 3.85. The number of carbonyl (C=O) groups is 1. The molecule has 7 heteroatoms. The summed E-state index contributed by atoms with van der Waals surface area (Å²) in [4.78, 5) is 33.2. The minimum atomic E-state index is -1.37. The van der Waals surface area contributed by atoms with Crippen LogP contribution in [-0.4, -0.2) is 20.9 Å². The molecule has 0 aliphatic heterocycles. The van der Waals surface area contributed by atoms with Gasteiger partial charge in [0.25, 0.3) is 11.1 Å². The topological polar surface area (TPSA) is 92.2 Å². The molecule has 98 valence electrons. The van der Waals surface area contributed by atoms with E-state index >= 15 is 0 Å². The zero-order valence-corrected chi connectivity index (χ0v) is 9.59. The summed E-state index contributed by atoms with van der Waals surface area (Å²) in [5.41, 5.74) is -0.978. The number of carboxylic acid groups (broad SMARTS) is 1. The normalized spacial score (nSPS) is 10.4. The monoisotopic (exact) mass is 264 g/mol. The van der Waals surface area contributed by atoms with Gasteiger partial charge in [-0.2, -0.15) is 0 Å². The number of nitrogens with one attached hydrogen (secondary N) is 1. The maximum atomic E-state index is 13.4. The standard InChI is InChI=1S/C12H9FN2O4/c13-9-5-7(1-2-8(9)12(18)19)6-15-11(17)4-3-10(16)14-15/h1-5H,6H2,(H,14,16)(H,18,19). The van der Waals surface area contributed by atoms with Crippen LogP contribution in [0, 0.1) is 5.82 Å². The predicted octanol–water partition coefficient (Wildman–Crippen LogP) is 0.422. The lowest BCUT2D eigenvalue weighted by Gasteiger charge is -2.06. The number of rotatable bonds is 3. The lowest BCUT2D eigenvalue weighted by atomic mass is 10.1. The Kier molecular flexibility index (Phi) is 3.28. The van der Waals surface area contributed by atoms with Crippen LogP contribution in [0.3, 0.4) is 0 Å². The van der Waals surface area contributed by atoms with Crippen LogP contribution in [0.1, 0.15) is 15.9 Å². The third kappa shape index (κ3) is 2.76. The zero-order chi connectivity index (χ0) is 14.0. The van der Waals surface area contributed by atoms with E-state index in [0.29, 0.717) is 5.56 Å². The van der Waals surface area contributed by atoms with Gasteiger partial charge in [0.2, 0.25) is 0 Å². The molecule has 0 saturated carbocycles. The van der Waals surface area contributed by atoms with Crippen LogP contribution in [0.15, 0.2) is 39.9 Å². The van der Waals surface area contributed by atoms with Gasteiger partial charge in [0.05, 0.1) is 12.1 Å². The van der Waals surface area contributed by atoms with Gasteiger partial charge >= 0.3 is 5.97 Å². The highest BCUT2D eigenvalue weighted by molar-refractivity contribution is 5.87. The van der Waals surface area contributed by atoms with Gasteiger partial charge in [0, 0.05) is 12.1 Å². The Hall–Kier alpha value is -2.70. The lowest BCUT2D eigenvalue weighted by molar-refractivity contribution is 0.0692. The molecule has 2 rings (SSSR count). The van der Waals surface area contributed by atoms with Gasteiger partial charge < -0.3 is 5.11 Å². The molecule has 1 aromatic carbocycles. The first-order valence-electron chi connectivity index (χ1n) is 5.29. The summed E-state index contributed by atoms with van der Waals surface area (Å²) in [6, 6.07) is 5.69. The van der Waals surface area contributed by atoms with Crippen molar-refractivity contribution in [2.24, 2.45) is 0 Å². The number of hydrogen-bond acceptors (Lipinski definition) is 3. The number of H-pyrrole nitrogens is 1. The van der Waals surface area contributed by atoms with Gasteiger partial charge in [0.1, 0.15) is 5.82 Å². The Morgan fingerprint density at radius 2 is 2.00 bits per heavy atom. The molecule has 1 aromatic heterocycles. The number of aromatic nitrogens is 2. The highest BCUT2D eigenvalue weighted by Gasteiger charge is 2.10. The van der Waals surface area contributed by atoms with Crippen LogP contribution in [0.25, 0.3) is 0 Å². The summed E-state index contributed by atoms with van der Waals surface area (Å²) in [6.07, 6.45) is 0. The number of aromatic amines is 1. The molecule has 0 radical (unpaired) electrons. The van der Waals surface area contributed by atoms with E-state index in [-0.39, 0.29) is 6.54 Å². The quantitative estimate of drug-likeness (QED) is 0.840. The highest BCUT2D eigenvalue weighted by atomic mass is 19.1. The molecule has 0 atom stereocenters. The molecule has 0 spiro atoms. The van der Waals surface area contributed by atoms with Crippen molar-refractivity contribution < 1.29 is 14.3 Å². The van der Waals surface area contributed by atoms with Gasteiger partial charge in [-0.05, 0) is 17.7 Å². The maximum Gasteiger partial charge on any atom is 0.338 e. The average Bonchev–Trinajstić information content (AvgIpc) is 2.33. The first-order valence-corrected chi connectivity index (χ1v) is 5.29. The Bertz CT molecular complexity index is 748. The van der Waals surface area contributed by atoms with Crippen molar-refractivity contribution in [1.82, 2.24) is 9.78 Å². The largest absolute Gasteiger partial charge is 0.478 e. The predicted molar refractivity (Wildman–Crippen MR) is 63.8 cm³/mol. The Morgan fingerprint density at radius 3 is 2.63 bits per heavy atom. The van der Waals surface area contributed by atoms with Crippen molar-refractivity contribution in [3.8, 4) is 0 Å². The highest BCUT2D eigenvalue weighted by Crippen LogP contribution is 2.10. The summed E-state index contributed by atoms with van der Waals surface area (Å²) in [7, 11) is 0. The molecule has 1 heterocycles. The summed E-state index contributed by atoms with van der Waals surface area (Å²) < 4.78 is 14.5. The number of halogens is 1. The minimum Gasteiger partial charge on any atom is -0.478 e. The van der Waals surface area contributed by atoms with Crippen LogP contribution in [0.4, 0.5) is 4.39 Å². The van der Waals surface area contributed by atoms with E-state index in [2.05, 4.69) is 5.10 Å². The smallest absolute Gasteiger partial charge is 0.338 e. The van der Waals surface area contributed by atoms with Crippen LogP contribution in [0.5, 0.6) is 0 Å². The molecule has 6 nitrogen and oxygen atoms in total. The molecule has 0 amide bonds. The second kappa shape index (κ2) is 4.89. The molecule has 19 heavy (non-hydrogen) atoms. The first kappa shape index (κ1) is 12.7. The third-order valence-electron chi connectivity index (χ3n) is 2.49. The molecule has 0 unspecified atom stereocenters. The van der Waals surface area contributed by atoms with E-state index in [1.807, 2.05) is 0 Å². The van der Waals surface area contributed by atoms with E-state index in [0.717, 1.165) is 28.9 Å². The van der Waals surface area contributed by atoms with Gasteiger partial charge in [-0.25, -0.2) is 13.9 Å². The van der Waals surface area contributed by atoms with Gasteiger partial charge in [-0.3, -0.25) is 14.7 Å². The fourth-order valence-electron chi connectivity index (χ4n) is 1.59. The maximum absolute atomic E-state index is 13.4. The number of benzene rings is 1. The van der Waals surface area contributed by atoms with E-state index in [1.165, 1.54) is 6.07 Å². The van der Waals surface area contributed by atoms with Crippen LogP contribution >= 0.6 is 0 Å². The first-order chi connectivity index (χ1) is 8.97.